The van der Waals surface area contributed by atoms with Crippen LogP contribution in [-0.4, -0.2) is 28.8 Å². The number of phenolic OH excluding ortho intramolecular Hbond substituents is 1. The minimum absolute atomic E-state index is 0.121. The second kappa shape index (κ2) is 5.63. The van der Waals surface area contributed by atoms with Gasteiger partial charge in [-0.3, -0.25) is 4.79 Å². The van der Waals surface area contributed by atoms with E-state index in [9.17, 15) is 14.7 Å². The zero-order chi connectivity index (χ0) is 15.7. The molecule has 6 nitrogen and oxygen atoms in total. The second-order valence-electron chi connectivity index (χ2n) is 5.23. The molecule has 2 rings (SSSR count). The topological polar surface area (TPSA) is 93.1 Å². The van der Waals surface area contributed by atoms with Crippen LogP contribution in [0.15, 0.2) is 0 Å². The van der Waals surface area contributed by atoms with E-state index < -0.39 is 17.9 Å². The fraction of sp³-hybridized carbons (Fsp3) is 0.467. The van der Waals surface area contributed by atoms with Crippen LogP contribution in [0, 0.1) is 19.8 Å². The standard InChI is InChI=1S/C15H18O6/c1-7(14(17)18)4-5-20-13-8(2)10-6-21-15(19)11(10)12(16)9(13)3/h7,16H,4-6H2,1-3H3,(H,17,18). The lowest BCUT2D eigenvalue weighted by atomic mass is 9.98. The lowest BCUT2D eigenvalue weighted by molar-refractivity contribution is -0.141. The maximum Gasteiger partial charge on any atom is 0.342 e. The first-order valence-corrected chi connectivity index (χ1v) is 6.72. The number of aliphatic carboxylic acids is 1. The van der Waals surface area contributed by atoms with Crippen LogP contribution in [0.1, 0.15) is 40.4 Å². The molecule has 6 heteroatoms. The van der Waals surface area contributed by atoms with Crippen LogP contribution in [0.2, 0.25) is 0 Å². The van der Waals surface area contributed by atoms with Crippen molar-refractivity contribution in [3.8, 4) is 11.5 Å². The molecular weight excluding hydrogens is 276 g/mol. The Bertz CT molecular complexity index is 605. The summed E-state index contributed by atoms with van der Waals surface area (Å²) in [7, 11) is 0. The van der Waals surface area contributed by atoms with E-state index >= 15 is 0 Å². The van der Waals surface area contributed by atoms with E-state index in [1.54, 1.807) is 20.8 Å². The zero-order valence-electron chi connectivity index (χ0n) is 12.2. The quantitative estimate of drug-likeness (QED) is 0.808. The van der Waals surface area contributed by atoms with Gasteiger partial charge in [-0.25, -0.2) is 4.79 Å². The SMILES string of the molecule is Cc1c(O)c2c(c(C)c1OCCC(C)C(=O)O)COC2=O. The molecule has 1 heterocycles. The molecule has 1 aromatic rings. The Balaban J connectivity index is 2.24. The van der Waals surface area contributed by atoms with Crippen molar-refractivity contribution in [3.63, 3.8) is 0 Å². The van der Waals surface area contributed by atoms with Crippen molar-refractivity contribution in [1.29, 1.82) is 0 Å². The summed E-state index contributed by atoms with van der Waals surface area (Å²) < 4.78 is 10.6. The van der Waals surface area contributed by atoms with E-state index in [1.807, 2.05) is 0 Å². The van der Waals surface area contributed by atoms with E-state index in [0.717, 1.165) is 5.56 Å². The molecule has 114 valence electrons. The number of phenols is 1. The van der Waals surface area contributed by atoms with Gasteiger partial charge in [-0.05, 0) is 25.8 Å². The van der Waals surface area contributed by atoms with E-state index in [-0.39, 0.29) is 24.5 Å². The maximum absolute atomic E-state index is 11.6. The normalized spacial score (nSPS) is 14.5. The fourth-order valence-corrected chi connectivity index (χ4v) is 2.33. The predicted molar refractivity (Wildman–Crippen MR) is 73.6 cm³/mol. The highest BCUT2D eigenvalue weighted by Crippen LogP contribution is 2.41. The molecule has 0 radical (unpaired) electrons. The van der Waals surface area contributed by atoms with Crippen molar-refractivity contribution < 1.29 is 29.3 Å². The summed E-state index contributed by atoms with van der Waals surface area (Å²) in [6.45, 7) is 5.41. The van der Waals surface area contributed by atoms with Gasteiger partial charge in [0, 0.05) is 11.1 Å². The molecule has 1 unspecified atom stereocenters. The smallest absolute Gasteiger partial charge is 0.342 e. The zero-order valence-corrected chi connectivity index (χ0v) is 12.2. The first-order valence-electron chi connectivity index (χ1n) is 6.72. The Morgan fingerprint density at radius 3 is 2.67 bits per heavy atom. The average Bonchev–Trinajstić information content (AvgIpc) is 2.82. The molecule has 1 aliphatic heterocycles. The molecule has 2 N–H and O–H groups in total. The molecule has 0 amide bonds. The van der Waals surface area contributed by atoms with Gasteiger partial charge in [-0.1, -0.05) is 6.92 Å². The number of hydrogen-bond donors (Lipinski definition) is 2. The van der Waals surface area contributed by atoms with Crippen LogP contribution in [0.25, 0.3) is 0 Å². The van der Waals surface area contributed by atoms with Gasteiger partial charge in [-0.2, -0.15) is 0 Å². The third-order valence-corrected chi connectivity index (χ3v) is 3.80. The van der Waals surface area contributed by atoms with Crippen molar-refractivity contribution in [2.24, 2.45) is 5.92 Å². The van der Waals surface area contributed by atoms with E-state index in [1.165, 1.54) is 0 Å². The molecule has 0 spiro atoms. The van der Waals surface area contributed by atoms with Crippen molar-refractivity contribution in [2.75, 3.05) is 6.61 Å². The maximum atomic E-state index is 11.6. The summed E-state index contributed by atoms with van der Waals surface area (Å²) in [5, 5.41) is 19.0. The fourth-order valence-electron chi connectivity index (χ4n) is 2.33. The summed E-state index contributed by atoms with van der Waals surface area (Å²) in [6, 6.07) is 0. The lowest BCUT2D eigenvalue weighted by Crippen LogP contribution is -2.14. The first-order chi connectivity index (χ1) is 9.84. The summed E-state index contributed by atoms with van der Waals surface area (Å²) >= 11 is 0. The van der Waals surface area contributed by atoms with Gasteiger partial charge in [0.15, 0.2) is 0 Å². The molecule has 1 aromatic carbocycles. The number of carboxylic acids is 1. The number of ether oxygens (including phenoxy) is 2. The van der Waals surface area contributed by atoms with Gasteiger partial charge in [0.05, 0.1) is 12.5 Å². The van der Waals surface area contributed by atoms with E-state index in [0.29, 0.717) is 23.3 Å². The van der Waals surface area contributed by atoms with Gasteiger partial charge in [0.25, 0.3) is 0 Å². The van der Waals surface area contributed by atoms with Gasteiger partial charge in [-0.15, -0.1) is 0 Å². The number of cyclic esters (lactones) is 1. The van der Waals surface area contributed by atoms with Crippen LogP contribution in [0.4, 0.5) is 0 Å². The van der Waals surface area contributed by atoms with Gasteiger partial charge < -0.3 is 19.7 Å². The molecule has 0 aromatic heterocycles. The minimum atomic E-state index is -0.872. The summed E-state index contributed by atoms with van der Waals surface area (Å²) in [4.78, 5) is 22.4. The average molecular weight is 294 g/mol. The Morgan fingerprint density at radius 1 is 1.38 bits per heavy atom. The summed E-state index contributed by atoms with van der Waals surface area (Å²) in [5.74, 6) is -1.54. The van der Waals surface area contributed by atoms with Crippen LogP contribution < -0.4 is 4.74 Å². The summed E-state index contributed by atoms with van der Waals surface area (Å²) in [5.41, 5.74) is 2.04. The van der Waals surface area contributed by atoms with E-state index in [4.69, 9.17) is 14.6 Å². The predicted octanol–water partition coefficient (Wildman–Crippen LogP) is 2.17. The Morgan fingerprint density at radius 2 is 2.05 bits per heavy atom. The van der Waals surface area contributed by atoms with Crippen LogP contribution in [0.3, 0.4) is 0 Å². The summed E-state index contributed by atoms with van der Waals surface area (Å²) in [6.07, 6.45) is 0.363. The molecule has 0 saturated carbocycles. The van der Waals surface area contributed by atoms with Gasteiger partial charge >= 0.3 is 11.9 Å². The molecule has 21 heavy (non-hydrogen) atoms. The van der Waals surface area contributed by atoms with Crippen LogP contribution >= 0.6 is 0 Å². The molecule has 0 saturated heterocycles. The Labute approximate surface area is 122 Å². The van der Waals surface area contributed by atoms with E-state index in [2.05, 4.69) is 0 Å². The first kappa shape index (κ1) is 15.2. The van der Waals surface area contributed by atoms with Crippen LogP contribution in [-0.2, 0) is 16.1 Å². The van der Waals surface area contributed by atoms with Crippen molar-refractivity contribution in [3.05, 3.63) is 22.3 Å². The lowest BCUT2D eigenvalue weighted by Gasteiger charge is -2.16. The highest BCUT2D eigenvalue weighted by Gasteiger charge is 2.31. The minimum Gasteiger partial charge on any atom is -0.507 e. The number of esters is 1. The second-order valence-corrected chi connectivity index (χ2v) is 5.23. The number of aromatic hydroxyl groups is 1. The molecule has 1 atom stereocenters. The molecule has 0 bridgehead atoms. The largest absolute Gasteiger partial charge is 0.507 e. The number of benzene rings is 1. The molecule has 0 fully saturated rings. The molecule has 1 aliphatic rings. The highest BCUT2D eigenvalue weighted by atomic mass is 16.5. The van der Waals surface area contributed by atoms with Gasteiger partial charge in [0.1, 0.15) is 23.7 Å². The van der Waals surface area contributed by atoms with Gasteiger partial charge in [0.2, 0.25) is 0 Å². The van der Waals surface area contributed by atoms with Crippen molar-refractivity contribution in [1.82, 2.24) is 0 Å². The number of rotatable bonds is 5. The number of hydrogen-bond acceptors (Lipinski definition) is 5. The molecular formula is C15H18O6. The van der Waals surface area contributed by atoms with Crippen molar-refractivity contribution >= 4 is 11.9 Å². The Hall–Kier alpha value is -2.24. The van der Waals surface area contributed by atoms with Crippen molar-refractivity contribution in [2.45, 2.75) is 33.8 Å². The third kappa shape index (κ3) is 2.66. The number of fused-ring (bicyclic) bond motifs is 1. The third-order valence-electron chi connectivity index (χ3n) is 3.80. The number of carboxylic acid groups (broad SMARTS) is 1. The highest BCUT2D eigenvalue weighted by molar-refractivity contribution is 5.97. The number of carbonyl (C=O) groups excluding carboxylic acids is 1. The molecule has 0 aliphatic carbocycles. The van der Waals surface area contributed by atoms with Crippen LogP contribution in [0.5, 0.6) is 11.5 Å². The Kier molecular flexibility index (Phi) is 4.06. The number of carbonyl (C=O) groups is 2. The monoisotopic (exact) mass is 294 g/mol.